The van der Waals surface area contributed by atoms with Crippen LogP contribution in [0.2, 0.25) is 0 Å². The van der Waals surface area contributed by atoms with Gasteiger partial charge >= 0.3 is 6.09 Å². The number of hydrogen-bond acceptors (Lipinski definition) is 7. The molecule has 138 valence electrons. The molecule has 1 aromatic rings. The van der Waals surface area contributed by atoms with Crippen LogP contribution in [-0.4, -0.2) is 43.4 Å². The molecule has 9 heteroatoms. The number of hydrogen-bond donors (Lipinski definition) is 2. The summed E-state index contributed by atoms with van der Waals surface area (Å²) in [5, 5.41) is 11.8. The lowest BCUT2D eigenvalue weighted by atomic mass is 10.2. The molecular formula is C17H20N4O5. The number of amides is 2. The Morgan fingerprint density at radius 3 is 2.88 bits per heavy atom. The van der Waals surface area contributed by atoms with Gasteiger partial charge in [-0.1, -0.05) is 6.07 Å². The number of nitrogens with one attached hydrogen (secondary N) is 1. The molecule has 0 aromatic heterocycles. The zero-order valence-electron chi connectivity index (χ0n) is 14.4. The fourth-order valence-electron chi connectivity index (χ4n) is 2.18. The lowest BCUT2D eigenvalue weighted by molar-refractivity contribution is -0.117. The van der Waals surface area contributed by atoms with Gasteiger partial charge in [0, 0.05) is 25.8 Å². The molecule has 0 bridgehead atoms. The van der Waals surface area contributed by atoms with E-state index in [0.717, 1.165) is 16.7 Å². The van der Waals surface area contributed by atoms with E-state index in [-0.39, 0.29) is 38.6 Å². The van der Waals surface area contributed by atoms with Crippen molar-refractivity contribution in [1.82, 2.24) is 10.2 Å². The van der Waals surface area contributed by atoms with Crippen molar-refractivity contribution in [3.05, 3.63) is 35.5 Å². The van der Waals surface area contributed by atoms with E-state index < -0.39 is 12.0 Å². The predicted molar refractivity (Wildman–Crippen MR) is 90.9 cm³/mol. The normalized spacial score (nSPS) is 12.3. The first-order valence-corrected chi connectivity index (χ1v) is 8.01. The van der Waals surface area contributed by atoms with Crippen molar-refractivity contribution in [2.75, 3.05) is 26.5 Å². The zero-order chi connectivity index (χ0) is 18.9. The van der Waals surface area contributed by atoms with Crippen LogP contribution >= 0.6 is 0 Å². The summed E-state index contributed by atoms with van der Waals surface area (Å²) in [6, 6.07) is 7.05. The number of ether oxygens (including phenoxy) is 3. The number of fused-ring (bicyclic) bond motifs is 1. The third kappa shape index (κ3) is 4.87. The van der Waals surface area contributed by atoms with E-state index in [1.54, 1.807) is 31.2 Å². The molecule has 9 nitrogen and oxygen atoms in total. The third-order valence-corrected chi connectivity index (χ3v) is 3.41. The first kappa shape index (κ1) is 19.1. The molecule has 1 aliphatic rings. The summed E-state index contributed by atoms with van der Waals surface area (Å²) in [6.07, 6.45) is 0.467. The average molecular weight is 360 g/mol. The van der Waals surface area contributed by atoms with Crippen molar-refractivity contribution in [2.24, 2.45) is 5.73 Å². The van der Waals surface area contributed by atoms with Crippen LogP contribution in [0.5, 0.6) is 11.5 Å². The predicted octanol–water partition coefficient (Wildman–Crippen LogP) is 0.856. The molecule has 0 saturated carbocycles. The van der Waals surface area contributed by atoms with E-state index in [4.69, 9.17) is 19.9 Å². The summed E-state index contributed by atoms with van der Waals surface area (Å²) in [7, 11) is 0. The fourth-order valence-corrected chi connectivity index (χ4v) is 2.18. The number of rotatable bonds is 7. The van der Waals surface area contributed by atoms with Gasteiger partial charge in [-0.3, -0.25) is 9.69 Å². The molecule has 0 spiro atoms. The van der Waals surface area contributed by atoms with Gasteiger partial charge in [0.1, 0.15) is 11.6 Å². The summed E-state index contributed by atoms with van der Waals surface area (Å²) < 4.78 is 15.4. The van der Waals surface area contributed by atoms with E-state index in [9.17, 15) is 14.9 Å². The highest BCUT2D eigenvalue weighted by Crippen LogP contribution is 2.32. The van der Waals surface area contributed by atoms with E-state index in [1.807, 2.05) is 0 Å². The van der Waals surface area contributed by atoms with Gasteiger partial charge in [0.05, 0.1) is 6.61 Å². The quantitative estimate of drug-likeness (QED) is 0.545. The van der Waals surface area contributed by atoms with Crippen molar-refractivity contribution in [3.63, 3.8) is 0 Å². The van der Waals surface area contributed by atoms with Crippen LogP contribution in [0.15, 0.2) is 30.0 Å². The van der Waals surface area contributed by atoms with E-state index in [2.05, 4.69) is 5.32 Å². The molecule has 1 aromatic carbocycles. The molecule has 26 heavy (non-hydrogen) atoms. The minimum atomic E-state index is -0.672. The van der Waals surface area contributed by atoms with E-state index in [0.29, 0.717) is 11.5 Å². The molecule has 2 rings (SSSR count). The molecule has 0 radical (unpaired) electrons. The second kappa shape index (κ2) is 9.29. The molecule has 0 aliphatic carbocycles. The van der Waals surface area contributed by atoms with Crippen molar-refractivity contribution < 1.29 is 23.8 Å². The van der Waals surface area contributed by atoms with Gasteiger partial charge < -0.3 is 25.3 Å². The summed E-state index contributed by atoms with van der Waals surface area (Å²) in [4.78, 5) is 25.2. The zero-order valence-corrected chi connectivity index (χ0v) is 14.4. The Bertz CT molecular complexity index is 741. The lowest BCUT2D eigenvalue weighted by Gasteiger charge is -2.17. The smallest absolute Gasteiger partial charge is 0.413 e. The van der Waals surface area contributed by atoms with Crippen molar-refractivity contribution in [1.29, 1.82) is 5.26 Å². The largest absolute Gasteiger partial charge is 0.454 e. The number of nitriles is 1. The minimum absolute atomic E-state index is 0.124. The molecule has 0 saturated heterocycles. The summed E-state index contributed by atoms with van der Waals surface area (Å²) in [5.74, 6) is 0.630. The number of benzene rings is 1. The molecule has 3 N–H and O–H groups in total. The van der Waals surface area contributed by atoms with Crippen LogP contribution < -0.4 is 20.5 Å². The van der Waals surface area contributed by atoms with Crippen LogP contribution in [0, 0.1) is 11.3 Å². The Morgan fingerprint density at radius 2 is 2.19 bits per heavy atom. The van der Waals surface area contributed by atoms with Crippen LogP contribution in [-0.2, 0) is 16.1 Å². The van der Waals surface area contributed by atoms with Crippen LogP contribution in [0.25, 0.3) is 0 Å². The number of nitrogens with zero attached hydrogens (tertiary/aromatic N) is 2. The van der Waals surface area contributed by atoms with Crippen LogP contribution in [0.1, 0.15) is 12.5 Å². The molecule has 0 fully saturated rings. The Balaban J connectivity index is 2.02. The topological polar surface area (TPSA) is 127 Å². The monoisotopic (exact) mass is 360 g/mol. The van der Waals surface area contributed by atoms with Gasteiger partial charge in [0.2, 0.25) is 6.79 Å². The first-order chi connectivity index (χ1) is 12.6. The second-order valence-corrected chi connectivity index (χ2v) is 5.21. The van der Waals surface area contributed by atoms with Crippen molar-refractivity contribution in [2.45, 2.75) is 13.5 Å². The average Bonchev–Trinajstić information content (AvgIpc) is 3.11. The Morgan fingerprint density at radius 1 is 1.42 bits per heavy atom. The molecule has 0 unspecified atom stereocenters. The molecule has 2 amide bonds. The van der Waals surface area contributed by atoms with Crippen molar-refractivity contribution >= 4 is 12.0 Å². The number of carbonyl (C=O) groups excluding carboxylic acids is 2. The molecular weight excluding hydrogens is 340 g/mol. The second-order valence-electron chi connectivity index (χ2n) is 5.21. The maximum absolute atomic E-state index is 12.2. The standard InChI is InChI=1S/C17H20N4O5/c1-2-24-17(23)21(6-5-18)10-13(8-19)16(22)20-9-12-3-4-14-15(7-12)26-11-25-14/h3-4,7,10H,2,5-6,9,11,18H2,1H3,(H,20,22)/b13-10-. The van der Waals surface area contributed by atoms with E-state index >= 15 is 0 Å². The van der Waals surface area contributed by atoms with Crippen molar-refractivity contribution in [3.8, 4) is 17.6 Å². The highest BCUT2D eigenvalue weighted by molar-refractivity contribution is 5.97. The van der Waals surface area contributed by atoms with Gasteiger partial charge in [0.25, 0.3) is 5.91 Å². The molecule has 0 atom stereocenters. The minimum Gasteiger partial charge on any atom is -0.454 e. The highest BCUT2D eigenvalue weighted by atomic mass is 16.7. The fraction of sp³-hybridized carbons (Fsp3) is 0.353. The Kier molecular flexibility index (Phi) is 6.82. The lowest BCUT2D eigenvalue weighted by Crippen LogP contribution is -2.33. The Hall–Kier alpha value is -3.25. The van der Waals surface area contributed by atoms with Gasteiger partial charge in [-0.25, -0.2) is 4.79 Å². The van der Waals surface area contributed by atoms with Gasteiger partial charge in [-0.2, -0.15) is 5.26 Å². The molecule has 1 aliphatic heterocycles. The SMILES string of the molecule is CCOC(=O)N(/C=C(/C#N)C(=O)NCc1ccc2c(c1)OCO2)CCN. The van der Waals surface area contributed by atoms with Crippen LogP contribution in [0.3, 0.4) is 0 Å². The maximum Gasteiger partial charge on any atom is 0.413 e. The summed E-state index contributed by atoms with van der Waals surface area (Å²) >= 11 is 0. The Labute approximate surface area is 150 Å². The summed E-state index contributed by atoms with van der Waals surface area (Å²) in [6.45, 7) is 2.46. The summed E-state index contributed by atoms with van der Waals surface area (Å²) in [5.41, 5.74) is 6.00. The number of nitrogens with two attached hydrogens (primary N) is 1. The van der Waals surface area contributed by atoms with E-state index in [1.165, 1.54) is 0 Å². The van der Waals surface area contributed by atoms with Gasteiger partial charge in [-0.05, 0) is 24.6 Å². The van der Waals surface area contributed by atoms with Gasteiger partial charge in [-0.15, -0.1) is 0 Å². The maximum atomic E-state index is 12.2. The number of carbonyl (C=O) groups is 2. The first-order valence-electron chi connectivity index (χ1n) is 8.01. The highest BCUT2D eigenvalue weighted by Gasteiger charge is 2.17. The van der Waals surface area contributed by atoms with Gasteiger partial charge in [0.15, 0.2) is 11.5 Å². The third-order valence-electron chi connectivity index (χ3n) is 3.41. The van der Waals surface area contributed by atoms with Crippen LogP contribution in [0.4, 0.5) is 4.79 Å². The molecule has 1 heterocycles.